The van der Waals surface area contributed by atoms with Gasteiger partial charge in [-0.2, -0.15) is 0 Å². The lowest BCUT2D eigenvalue weighted by molar-refractivity contribution is -0.0906. The van der Waals surface area contributed by atoms with Crippen molar-refractivity contribution in [3.8, 4) is 5.75 Å². The summed E-state index contributed by atoms with van der Waals surface area (Å²) in [7, 11) is 0. The van der Waals surface area contributed by atoms with Gasteiger partial charge in [0, 0.05) is 18.7 Å². The fourth-order valence-corrected chi connectivity index (χ4v) is 3.23. The Balaban J connectivity index is 1.62. The zero-order chi connectivity index (χ0) is 19.1. The first-order valence-electron chi connectivity index (χ1n) is 9.16. The van der Waals surface area contributed by atoms with E-state index in [-0.39, 0.29) is 6.03 Å². The third kappa shape index (κ3) is 4.68. The van der Waals surface area contributed by atoms with Gasteiger partial charge < -0.3 is 19.7 Å². The van der Waals surface area contributed by atoms with Crippen LogP contribution in [0.5, 0.6) is 5.75 Å². The minimum atomic E-state index is -0.498. The van der Waals surface area contributed by atoms with Crippen LogP contribution in [0.1, 0.15) is 18.1 Å². The van der Waals surface area contributed by atoms with E-state index in [4.69, 9.17) is 9.47 Å². The molecule has 1 aliphatic rings. The first-order chi connectivity index (χ1) is 13.1. The second-order valence-electron chi connectivity index (χ2n) is 6.73. The largest absolute Gasteiger partial charge is 0.489 e. The fourth-order valence-electron chi connectivity index (χ4n) is 3.23. The summed E-state index contributed by atoms with van der Waals surface area (Å²) in [6.07, 6.45) is 1.70. The lowest BCUT2D eigenvalue weighted by Gasteiger charge is -2.40. The van der Waals surface area contributed by atoms with Gasteiger partial charge in [-0.15, -0.1) is 0 Å². The number of hydrogen-bond acceptors (Lipinski definition) is 3. The van der Waals surface area contributed by atoms with E-state index in [0.29, 0.717) is 32.8 Å². The Morgan fingerprint density at radius 3 is 2.78 bits per heavy atom. The molecular formula is C22H26N2O3. The van der Waals surface area contributed by atoms with E-state index in [0.717, 1.165) is 16.9 Å². The van der Waals surface area contributed by atoms with Crippen molar-refractivity contribution < 1.29 is 14.3 Å². The molecule has 0 saturated carbocycles. The third-order valence-corrected chi connectivity index (χ3v) is 4.71. The van der Waals surface area contributed by atoms with E-state index >= 15 is 0 Å². The van der Waals surface area contributed by atoms with E-state index in [1.165, 1.54) is 0 Å². The van der Waals surface area contributed by atoms with Crippen molar-refractivity contribution in [3.63, 3.8) is 0 Å². The summed E-state index contributed by atoms with van der Waals surface area (Å²) < 4.78 is 11.7. The van der Waals surface area contributed by atoms with Crippen LogP contribution in [-0.2, 0) is 16.9 Å². The van der Waals surface area contributed by atoms with Crippen molar-refractivity contribution in [2.24, 2.45) is 0 Å². The van der Waals surface area contributed by atoms with Gasteiger partial charge in [0.1, 0.15) is 18.0 Å². The van der Waals surface area contributed by atoms with Crippen LogP contribution in [0.3, 0.4) is 0 Å². The Bertz CT molecular complexity index is 778. The normalized spacial score (nSPS) is 19.4. The molecule has 5 nitrogen and oxygen atoms in total. The lowest BCUT2D eigenvalue weighted by atomic mass is 9.94. The number of amides is 2. The van der Waals surface area contributed by atoms with Crippen LogP contribution >= 0.6 is 0 Å². The number of carbonyl (C=O) groups is 1. The summed E-state index contributed by atoms with van der Waals surface area (Å²) in [5.74, 6) is 0.758. The van der Waals surface area contributed by atoms with Crippen LogP contribution in [0, 0.1) is 0 Å². The van der Waals surface area contributed by atoms with Gasteiger partial charge >= 0.3 is 6.03 Å². The molecule has 0 bridgehead atoms. The summed E-state index contributed by atoms with van der Waals surface area (Å²) >= 11 is 0. The number of para-hydroxylation sites is 1. The average Bonchev–Trinajstić information content (AvgIpc) is 2.71. The van der Waals surface area contributed by atoms with Crippen molar-refractivity contribution in [1.29, 1.82) is 0 Å². The minimum Gasteiger partial charge on any atom is -0.489 e. The SMILES string of the molecule is C=CCOc1ccccc1CNC(=O)N1CCOC(C)(c2ccccc2)C1. The molecule has 0 radical (unpaired) electrons. The van der Waals surface area contributed by atoms with Gasteiger partial charge in [-0.05, 0) is 18.6 Å². The molecular weight excluding hydrogens is 340 g/mol. The Labute approximate surface area is 160 Å². The molecule has 27 heavy (non-hydrogen) atoms. The van der Waals surface area contributed by atoms with E-state index in [2.05, 4.69) is 11.9 Å². The van der Waals surface area contributed by atoms with Crippen LogP contribution in [-0.4, -0.2) is 37.2 Å². The van der Waals surface area contributed by atoms with Crippen LogP contribution in [0.2, 0.25) is 0 Å². The topological polar surface area (TPSA) is 50.8 Å². The highest BCUT2D eigenvalue weighted by atomic mass is 16.5. The Morgan fingerprint density at radius 2 is 2.00 bits per heavy atom. The molecule has 0 aromatic heterocycles. The Morgan fingerprint density at radius 1 is 1.26 bits per heavy atom. The molecule has 0 spiro atoms. The standard InChI is InChI=1S/C22H26N2O3/c1-3-14-26-20-12-8-7-9-18(20)16-23-21(25)24-13-15-27-22(2,17-24)19-10-5-4-6-11-19/h3-12H,1,13-17H2,2H3,(H,23,25). The monoisotopic (exact) mass is 366 g/mol. The molecule has 1 saturated heterocycles. The molecule has 1 atom stereocenters. The smallest absolute Gasteiger partial charge is 0.317 e. The number of nitrogens with zero attached hydrogens (tertiary/aromatic N) is 1. The van der Waals surface area contributed by atoms with Crippen molar-refractivity contribution >= 4 is 6.03 Å². The summed E-state index contributed by atoms with van der Waals surface area (Å²) in [6, 6.07) is 17.6. The summed E-state index contributed by atoms with van der Waals surface area (Å²) in [6.45, 7) is 8.13. The molecule has 1 aliphatic heterocycles. The highest BCUT2D eigenvalue weighted by Crippen LogP contribution is 2.29. The average molecular weight is 366 g/mol. The van der Waals surface area contributed by atoms with Gasteiger partial charge in [-0.25, -0.2) is 4.79 Å². The molecule has 1 fully saturated rings. The molecule has 3 rings (SSSR count). The van der Waals surface area contributed by atoms with E-state index in [1.807, 2.05) is 66.4 Å². The molecule has 142 valence electrons. The molecule has 5 heteroatoms. The summed E-state index contributed by atoms with van der Waals surface area (Å²) in [5.41, 5.74) is 1.51. The second-order valence-corrected chi connectivity index (χ2v) is 6.73. The third-order valence-electron chi connectivity index (χ3n) is 4.71. The van der Waals surface area contributed by atoms with Crippen LogP contribution < -0.4 is 10.1 Å². The fraction of sp³-hybridized carbons (Fsp3) is 0.318. The molecule has 0 aliphatic carbocycles. The maximum Gasteiger partial charge on any atom is 0.317 e. The van der Waals surface area contributed by atoms with Crippen molar-refractivity contribution in [3.05, 3.63) is 78.4 Å². The van der Waals surface area contributed by atoms with E-state index in [9.17, 15) is 4.79 Å². The predicted molar refractivity (Wildman–Crippen MR) is 106 cm³/mol. The zero-order valence-corrected chi connectivity index (χ0v) is 15.7. The highest BCUT2D eigenvalue weighted by Gasteiger charge is 2.35. The maximum absolute atomic E-state index is 12.7. The molecule has 2 aromatic carbocycles. The number of nitrogens with one attached hydrogen (secondary N) is 1. The maximum atomic E-state index is 12.7. The number of ether oxygens (including phenoxy) is 2. The van der Waals surface area contributed by atoms with Gasteiger partial charge in [-0.3, -0.25) is 0 Å². The molecule has 2 amide bonds. The molecule has 2 aromatic rings. The van der Waals surface area contributed by atoms with Gasteiger partial charge in [0.15, 0.2) is 0 Å². The number of rotatable bonds is 6. The van der Waals surface area contributed by atoms with Crippen molar-refractivity contribution in [2.75, 3.05) is 26.3 Å². The zero-order valence-electron chi connectivity index (χ0n) is 15.7. The quantitative estimate of drug-likeness (QED) is 0.793. The van der Waals surface area contributed by atoms with Gasteiger partial charge in [0.2, 0.25) is 0 Å². The summed E-state index contributed by atoms with van der Waals surface area (Å²) in [5, 5.41) is 3.00. The van der Waals surface area contributed by atoms with Crippen molar-refractivity contribution in [1.82, 2.24) is 10.2 Å². The van der Waals surface area contributed by atoms with Crippen LogP contribution in [0.25, 0.3) is 0 Å². The number of benzene rings is 2. The molecule has 1 N–H and O–H groups in total. The Hall–Kier alpha value is -2.79. The summed E-state index contributed by atoms with van der Waals surface area (Å²) in [4.78, 5) is 14.5. The number of urea groups is 1. The van der Waals surface area contributed by atoms with E-state index < -0.39 is 5.60 Å². The lowest BCUT2D eigenvalue weighted by Crippen LogP contribution is -2.53. The van der Waals surface area contributed by atoms with Crippen LogP contribution in [0.4, 0.5) is 4.79 Å². The second kappa shape index (κ2) is 8.73. The van der Waals surface area contributed by atoms with Gasteiger partial charge in [-0.1, -0.05) is 61.2 Å². The Kier molecular flexibility index (Phi) is 6.14. The first kappa shape index (κ1) is 19.0. The van der Waals surface area contributed by atoms with E-state index in [1.54, 1.807) is 6.08 Å². The minimum absolute atomic E-state index is 0.0982. The van der Waals surface area contributed by atoms with Crippen LogP contribution in [0.15, 0.2) is 67.3 Å². The predicted octanol–water partition coefficient (Wildman–Crippen LogP) is 3.71. The number of morpholine rings is 1. The number of hydrogen-bond donors (Lipinski definition) is 1. The van der Waals surface area contributed by atoms with Gasteiger partial charge in [0.25, 0.3) is 0 Å². The molecule has 1 heterocycles. The highest BCUT2D eigenvalue weighted by molar-refractivity contribution is 5.74. The molecule has 1 unspecified atom stereocenters. The number of carbonyl (C=O) groups excluding carboxylic acids is 1. The first-order valence-corrected chi connectivity index (χ1v) is 9.16. The van der Waals surface area contributed by atoms with Gasteiger partial charge in [0.05, 0.1) is 13.2 Å². The van der Waals surface area contributed by atoms with Crippen molar-refractivity contribution in [2.45, 2.75) is 19.1 Å².